The molecule has 0 spiro atoms. The highest BCUT2D eigenvalue weighted by Crippen LogP contribution is 2.26. The van der Waals surface area contributed by atoms with Crippen LogP contribution in [-0.2, 0) is 11.3 Å². The van der Waals surface area contributed by atoms with Crippen molar-refractivity contribution < 1.29 is 9.45 Å². The second-order valence-corrected chi connectivity index (χ2v) is 7.09. The van der Waals surface area contributed by atoms with Crippen molar-refractivity contribution in [2.45, 2.75) is 37.2 Å². The van der Waals surface area contributed by atoms with E-state index in [1.807, 2.05) is 20.8 Å². The average molecular weight is 361 g/mol. The predicted molar refractivity (Wildman–Crippen MR) is 88.8 cm³/mol. The fourth-order valence-corrected chi connectivity index (χ4v) is 2.90. The molecule has 0 bridgehead atoms. The molecular weight excluding hydrogens is 346 g/mol. The van der Waals surface area contributed by atoms with E-state index in [0.717, 1.165) is 0 Å². The first-order valence-electron chi connectivity index (χ1n) is 7.33. The third-order valence-electron chi connectivity index (χ3n) is 3.18. The molecule has 10 nitrogen and oxygen atoms in total. The Bertz CT molecular complexity index is 900. The van der Waals surface area contributed by atoms with E-state index >= 15 is 0 Å². The Morgan fingerprint density at radius 3 is 2.88 bits per heavy atom. The zero-order valence-electron chi connectivity index (χ0n) is 13.8. The van der Waals surface area contributed by atoms with Gasteiger partial charge >= 0.3 is 0 Å². The maximum Gasteiger partial charge on any atom is 0.270 e. The van der Waals surface area contributed by atoms with E-state index in [2.05, 4.69) is 25.7 Å². The molecule has 0 saturated carbocycles. The lowest BCUT2D eigenvalue weighted by Crippen LogP contribution is -2.24. The molecule has 130 valence electrons. The van der Waals surface area contributed by atoms with Crippen LogP contribution in [0.2, 0.25) is 0 Å². The summed E-state index contributed by atoms with van der Waals surface area (Å²) in [5, 5.41) is 27.0. The normalized spacial score (nSPS) is 11.6. The van der Waals surface area contributed by atoms with Crippen LogP contribution in [0.25, 0.3) is 11.4 Å². The molecule has 0 radical (unpaired) electrons. The Kier molecular flexibility index (Phi) is 4.49. The fourth-order valence-electron chi connectivity index (χ4n) is 2.01. The van der Waals surface area contributed by atoms with E-state index in [9.17, 15) is 10.1 Å². The molecule has 0 aliphatic rings. The minimum atomic E-state index is -0.466. The van der Waals surface area contributed by atoms with Gasteiger partial charge in [0.15, 0.2) is 0 Å². The Morgan fingerprint density at radius 1 is 1.36 bits per heavy atom. The smallest absolute Gasteiger partial charge is 0.270 e. The summed E-state index contributed by atoms with van der Waals surface area (Å²) in [7, 11) is 0. The number of hydrogen-bond acceptors (Lipinski definition) is 9. The highest BCUT2D eigenvalue weighted by atomic mass is 32.2. The van der Waals surface area contributed by atoms with Gasteiger partial charge < -0.3 is 4.52 Å². The number of benzene rings is 1. The van der Waals surface area contributed by atoms with Crippen molar-refractivity contribution >= 4 is 17.4 Å². The summed E-state index contributed by atoms with van der Waals surface area (Å²) in [4.78, 5) is 14.7. The second-order valence-electron chi connectivity index (χ2n) is 6.15. The number of non-ortho nitro benzene ring substituents is 1. The number of rotatable bonds is 5. The van der Waals surface area contributed by atoms with Crippen molar-refractivity contribution in [3.8, 4) is 11.4 Å². The zero-order valence-corrected chi connectivity index (χ0v) is 14.6. The Hall–Kier alpha value is -2.82. The molecule has 2 aromatic heterocycles. The van der Waals surface area contributed by atoms with Gasteiger partial charge in [-0.2, -0.15) is 4.98 Å². The summed E-state index contributed by atoms with van der Waals surface area (Å²) >= 11 is 1.37. The molecule has 3 aromatic rings. The summed E-state index contributed by atoms with van der Waals surface area (Å²) in [5.41, 5.74) is 0.255. The molecule has 11 heteroatoms. The van der Waals surface area contributed by atoms with E-state index in [1.165, 1.54) is 23.9 Å². The van der Waals surface area contributed by atoms with Gasteiger partial charge in [-0.25, -0.2) is 4.68 Å². The van der Waals surface area contributed by atoms with Gasteiger partial charge in [-0.3, -0.25) is 10.1 Å². The van der Waals surface area contributed by atoms with Crippen molar-refractivity contribution in [3.05, 3.63) is 40.3 Å². The van der Waals surface area contributed by atoms with Crippen molar-refractivity contribution in [1.29, 1.82) is 0 Å². The highest BCUT2D eigenvalue weighted by Gasteiger charge is 2.21. The number of aromatic nitrogens is 6. The predicted octanol–water partition coefficient (Wildman–Crippen LogP) is 2.68. The molecule has 0 saturated heterocycles. The molecular formula is C14H15N7O3S. The number of hydrogen-bond donors (Lipinski definition) is 0. The van der Waals surface area contributed by atoms with Crippen molar-refractivity contribution in [1.82, 2.24) is 30.3 Å². The van der Waals surface area contributed by atoms with Crippen LogP contribution in [0.5, 0.6) is 0 Å². The largest absolute Gasteiger partial charge is 0.338 e. The van der Waals surface area contributed by atoms with Crippen LogP contribution in [-0.4, -0.2) is 35.3 Å². The number of nitrogens with zero attached hydrogens (tertiary/aromatic N) is 7. The Morgan fingerprint density at radius 2 is 2.16 bits per heavy atom. The van der Waals surface area contributed by atoms with E-state index < -0.39 is 4.92 Å². The molecule has 0 N–H and O–H groups in total. The van der Waals surface area contributed by atoms with E-state index in [4.69, 9.17) is 4.52 Å². The standard InChI is InChI=1S/C14H15N7O3S/c1-14(2,3)20-13(16-18-19-20)25-8-11-15-12(17-24-11)9-5-4-6-10(7-9)21(22)23/h4-7H,8H2,1-3H3. The van der Waals surface area contributed by atoms with Gasteiger partial charge in [0, 0.05) is 17.7 Å². The van der Waals surface area contributed by atoms with Crippen LogP contribution in [0.15, 0.2) is 33.9 Å². The van der Waals surface area contributed by atoms with Gasteiger partial charge in [0.05, 0.1) is 16.2 Å². The monoisotopic (exact) mass is 361 g/mol. The van der Waals surface area contributed by atoms with Gasteiger partial charge in [-0.05, 0) is 31.2 Å². The van der Waals surface area contributed by atoms with Crippen LogP contribution in [0.4, 0.5) is 5.69 Å². The van der Waals surface area contributed by atoms with E-state index in [-0.39, 0.29) is 11.2 Å². The van der Waals surface area contributed by atoms with Crippen molar-refractivity contribution in [2.75, 3.05) is 0 Å². The maximum absolute atomic E-state index is 10.9. The van der Waals surface area contributed by atoms with Crippen LogP contribution in [0, 0.1) is 10.1 Å². The topological polar surface area (TPSA) is 126 Å². The molecule has 1 aromatic carbocycles. The minimum absolute atomic E-state index is 0.0254. The summed E-state index contributed by atoms with van der Waals surface area (Å²) < 4.78 is 6.93. The van der Waals surface area contributed by atoms with Crippen LogP contribution >= 0.6 is 11.8 Å². The molecule has 0 atom stereocenters. The first-order valence-corrected chi connectivity index (χ1v) is 8.32. The lowest BCUT2D eigenvalue weighted by Gasteiger charge is -2.19. The average Bonchev–Trinajstić information content (AvgIpc) is 3.22. The maximum atomic E-state index is 10.9. The molecule has 25 heavy (non-hydrogen) atoms. The first-order chi connectivity index (χ1) is 11.8. The fraction of sp³-hybridized carbons (Fsp3) is 0.357. The number of tetrazole rings is 1. The SMILES string of the molecule is CC(C)(C)n1nnnc1SCc1nc(-c2cccc([N+](=O)[O-])c2)no1. The molecule has 2 heterocycles. The quantitative estimate of drug-likeness (QED) is 0.383. The van der Waals surface area contributed by atoms with Crippen LogP contribution in [0.1, 0.15) is 26.7 Å². The lowest BCUT2D eigenvalue weighted by molar-refractivity contribution is -0.384. The summed E-state index contributed by atoms with van der Waals surface area (Å²) in [6.07, 6.45) is 0. The lowest BCUT2D eigenvalue weighted by atomic mass is 10.1. The van der Waals surface area contributed by atoms with Crippen LogP contribution in [0.3, 0.4) is 0 Å². The van der Waals surface area contributed by atoms with Gasteiger partial charge in [0.2, 0.25) is 16.9 Å². The molecule has 3 rings (SSSR count). The Labute approximate surface area is 146 Å². The summed E-state index contributed by atoms with van der Waals surface area (Å²) in [6.45, 7) is 6.00. The molecule has 0 aliphatic heterocycles. The third-order valence-corrected chi connectivity index (χ3v) is 4.09. The van der Waals surface area contributed by atoms with Gasteiger partial charge in [0.25, 0.3) is 5.69 Å². The zero-order chi connectivity index (χ0) is 18.0. The van der Waals surface area contributed by atoms with Gasteiger partial charge in [-0.15, -0.1) is 5.10 Å². The van der Waals surface area contributed by atoms with Crippen molar-refractivity contribution in [2.24, 2.45) is 0 Å². The van der Waals surface area contributed by atoms with E-state index in [0.29, 0.717) is 28.2 Å². The third kappa shape index (κ3) is 3.82. The highest BCUT2D eigenvalue weighted by molar-refractivity contribution is 7.98. The molecule has 0 fully saturated rings. The molecule has 0 aliphatic carbocycles. The van der Waals surface area contributed by atoms with Crippen molar-refractivity contribution in [3.63, 3.8) is 0 Å². The Balaban J connectivity index is 1.74. The number of thioether (sulfide) groups is 1. The molecule has 0 unspecified atom stereocenters. The van der Waals surface area contributed by atoms with Gasteiger partial charge in [0.1, 0.15) is 0 Å². The summed E-state index contributed by atoms with van der Waals surface area (Å²) in [5.74, 6) is 1.07. The molecule has 0 amide bonds. The minimum Gasteiger partial charge on any atom is -0.338 e. The van der Waals surface area contributed by atoms with Crippen LogP contribution < -0.4 is 0 Å². The second kappa shape index (κ2) is 6.59. The van der Waals surface area contributed by atoms with E-state index in [1.54, 1.807) is 16.8 Å². The van der Waals surface area contributed by atoms with Gasteiger partial charge in [-0.1, -0.05) is 29.1 Å². The summed E-state index contributed by atoms with van der Waals surface area (Å²) in [6, 6.07) is 6.08. The number of nitro groups is 1. The first kappa shape index (κ1) is 17.0. The number of nitro benzene ring substituents is 1.